The monoisotopic (exact) mass is 325 g/mol. The number of ether oxygens (including phenoxy) is 1. The quantitative estimate of drug-likeness (QED) is 0.733. The van der Waals surface area contributed by atoms with E-state index in [0.29, 0.717) is 5.56 Å². The van der Waals surface area contributed by atoms with Gasteiger partial charge in [-0.25, -0.2) is 9.78 Å². The van der Waals surface area contributed by atoms with Crippen molar-refractivity contribution < 1.29 is 9.53 Å². The number of carbonyl (C=O) groups is 1. The first-order valence-electron chi connectivity index (χ1n) is 6.99. The second-order valence-corrected chi connectivity index (χ2v) is 5.78. The van der Waals surface area contributed by atoms with Crippen molar-refractivity contribution in [3.05, 3.63) is 59.2 Å². The van der Waals surface area contributed by atoms with E-state index in [0.717, 1.165) is 27.6 Å². The van der Waals surface area contributed by atoms with Crippen LogP contribution >= 0.6 is 11.3 Å². The molecular formula is C17H15N3O2S. The summed E-state index contributed by atoms with van der Waals surface area (Å²) in [6.45, 7) is 1.87. The molecule has 0 fully saturated rings. The van der Waals surface area contributed by atoms with Crippen LogP contribution in [0.5, 0.6) is 0 Å². The minimum Gasteiger partial charge on any atom is -0.465 e. The Morgan fingerprint density at radius 3 is 2.91 bits per heavy atom. The number of methoxy groups -OCH3 is 1. The van der Waals surface area contributed by atoms with E-state index in [4.69, 9.17) is 4.74 Å². The van der Waals surface area contributed by atoms with Crippen LogP contribution in [0.4, 0.5) is 10.8 Å². The molecule has 3 aromatic rings. The molecule has 23 heavy (non-hydrogen) atoms. The molecule has 5 nitrogen and oxygen atoms in total. The fourth-order valence-corrected chi connectivity index (χ4v) is 2.87. The van der Waals surface area contributed by atoms with Crippen LogP contribution in [-0.4, -0.2) is 23.0 Å². The van der Waals surface area contributed by atoms with Crippen LogP contribution in [0, 0.1) is 6.92 Å². The first-order valence-corrected chi connectivity index (χ1v) is 7.87. The molecule has 0 saturated carbocycles. The van der Waals surface area contributed by atoms with E-state index in [1.165, 1.54) is 18.4 Å². The molecule has 0 aliphatic heterocycles. The Bertz CT molecular complexity index is 831. The third-order valence-corrected chi connectivity index (χ3v) is 4.11. The van der Waals surface area contributed by atoms with Crippen LogP contribution in [-0.2, 0) is 4.74 Å². The zero-order chi connectivity index (χ0) is 16.2. The van der Waals surface area contributed by atoms with Crippen LogP contribution in [0.3, 0.4) is 0 Å². The summed E-state index contributed by atoms with van der Waals surface area (Å²) in [6, 6.07) is 9.40. The van der Waals surface area contributed by atoms with E-state index in [1.807, 2.05) is 36.6 Å². The summed E-state index contributed by atoms with van der Waals surface area (Å²) < 4.78 is 4.80. The lowest BCUT2D eigenvalue weighted by Crippen LogP contribution is -2.04. The lowest BCUT2D eigenvalue weighted by atomic mass is 10.1. The van der Waals surface area contributed by atoms with Gasteiger partial charge >= 0.3 is 5.97 Å². The molecule has 6 heteroatoms. The molecule has 116 valence electrons. The predicted molar refractivity (Wildman–Crippen MR) is 91.1 cm³/mol. The summed E-state index contributed by atoms with van der Waals surface area (Å²) >= 11 is 1.50. The molecule has 0 saturated heterocycles. The van der Waals surface area contributed by atoms with E-state index in [9.17, 15) is 4.79 Å². The highest BCUT2D eigenvalue weighted by Crippen LogP contribution is 2.27. The van der Waals surface area contributed by atoms with E-state index in [1.54, 1.807) is 18.5 Å². The molecule has 1 N–H and O–H groups in total. The smallest absolute Gasteiger partial charge is 0.338 e. The number of anilines is 2. The van der Waals surface area contributed by atoms with Gasteiger partial charge < -0.3 is 10.1 Å². The first-order chi connectivity index (χ1) is 11.2. The molecule has 0 spiro atoms. The summed E-state index contributed by atoms with van der Waals surface area (Å²) in [7, 11) is 1.38. The molecule has 0 unspecified atom stereocenters. The fraction of sp³-hybridized carbons (Fsp3) is 0.118. The van der Waals surface area contributed by atoms with Crippen molar-refractivity contribution in [2.75, 3.05) is 12.4 Å². The van der Waals surface area contributed by atoms with Gasteiger partial charge in [0.15, 0.2) is 5.13 Å². The lowest BCUT2D eigenvalue weighted by Gasteiger charge is -2.07. The average Bonchev–Trinajstić information content (AvgIpc) is 3.05. The highest BCUT2D eigenvalue weighted by Gasteiger charge is 2.11. The van der Waals surface area contributed by atoms with E-state index >= 15 is 0 Å². The molecule has 0 radical (unpaired) electrons. The second-order valence-electron chi connectivity index (χ2n) is 4.93. The minimum atomic E-state index is -0.346. The average molecular weight is 325 g/mol. The van der Waals surface area contributed by atoms with Gasteiger partial charge in [-0.15, -0.1) is 11.3 Å². The third kappa shape index (κ3) is 3.37. The van der Waals surface area contributed by atoms with E-state index in [2.05, 4.69) is 15.3 Å². The molecule has 0 aliphatic rings. The van der Waals surface area contributed by atoms with Crippen molar-refractivity contribution in [2.45, 2.75) is 6.92 Å². The Balaban J connectivity index is 1.83. The van der Waals surface area contributed by atoms with Gasteiger partial charge in [0.25, 0.3) is 0 Å². The maximum atomic E-state index is 11.8. The number of hydrogen-bond donors (Lipinski definition) is 1. The highest BCUT2D eigenvalue weighted by molar-refractivity contribution is 7.14. The number of benzene rings is 1. The number of nitrogens with one attached hydrogen (secondary N) is 1. The summed E-state index contributed by atoms with van der Waals surface area (Å²) in [6.07, 6.45) is 3.51. The normalized spacial score (nSPS) is 10.3. The van der Waals surface area contributed by atoms with Gasteiger partial charge in [0.2, 0.25) is 0 Å². The summed E-state index contributed by atoms with van der Waals surface area (Å²) in [5, 5.41) is 5.94. The summed E-state index contributed by atoms with van der Waals surface area (Å²) in [5.74, 6) is -0.346. The molecule has 0 atom stereocenters. The van der Waals surface area contributed by atoms with E-state index < -0.39 is 0 Å². The van der Waals surface area contributed by atoms with Crippen molar-refractivity contribution in [2.24, 2.45) is 0 Å². The number of aromatic nitrogens is 2. The van der Waals surface area contributed by atoms with Gasteiger partial charge in [0.1, 0.15) is 0 Å². The van der Waals surface area contributed by atoms with Gasteiger partial charge in [-0.1, -0.05) is 6.07 Å². The summed E-state index contributed by atoms with van der Waals surface area (Å²) in [5.41, 5.74) is 4.05. The Labute approximate surface area is 138 Å². The largest absolute Gasteiger partial charge is 0.465 e. The van der Waals surface area contributed by atoms with E-state index in [-0.39, 0.29) is 5.97 Å². The molecule has 1 aromatic carbocycles. The molecule has 2 aromatic heterocycles. The van der Waals surface area contributed by atoms with Gasteiger partial charge in [-0.3, -0.25) is 4.98 Å². The maximum absolute atomic E-state index is 11.8. The second kappa shape index (κ2) is 6.58. The molecule has 0 aliphatic carbocycles. The first kappa shape index (κ1) is 15.2. The number of aryl methyl sites for hydroxylation is 1. The zero-order valence-electron chi connectivity index (χ0n) is 12.7. The van der Waals surface area contributed by atoms with Crippen molar-refractivity contribution in [1.29, 1.82) is 0 Å². The van der Waals surface area contributed by atoms with Gasteiger partial charge in [0, 0.05) is 29.0 Å². The van der Waals surface area contributed by atoms with Crippen molar-refractivity contribution in [3.8, 4) is 11.3 Å². The standard InChI is InChI=1S/C17H15N3O2S/c1-11-5-6-13(8-14(11)16(21)22-2)19-17-20-15(10-23-17)12-4-3-7-18-9-12/h3-10H,1-2H3,(H,19,20). The van der Waals surface area contributed by atoms with Crippen LogP contribution in [0.15, 0.2) is 48.1 Å². The highest BCUT2D eigenvalue weighted by atomic mass is 32.1. The molecule has 0 amide bonds. The third-order valence-electron chi connectivity index (χ3n) is 3.36. The summed E-state index contributed by atoms with van der Waals surface area (Å²) in [4.78, 5) is 20.4. The number of carbonyl (C=O) groups excluding carboxylic acids is 1. The molecule has 0 bridgehead atoms. The zero-order valence-corrected chi connectivity index (χ0v) is 13.6. The van der Waals surface area contributed by atoms with Gasteiger partial charge in [0.05, 0.1) is 18.4 Å². The van der Waals surface area contributed by atoms with Crippen LogP contribution in [0.2, 0.25) is 0 Å². The van der Waals surface area contributed by atoms with Crippen LogP contribution < -0.4 is 5.32 Å². The lowest BCUT2D eigenvalue weighted by molar-refractivity contribution is 0.0600. The van der Waals surface area contributed by atoms with Crippen molar-refractivity contribution in [1.82, 2.24) is 9.97 Å². The predicted octanol–water partition coefficient (Wildman–Crippen LogP) is 4.04. The van der Waals surface area contributed by atoms with Gasteiger partial charge in [-0.05, 0) is 36.8 Å². The number of thiazole rings is 1. The Morgan fingerprint density at radius 2 is 2.17 bits per heavy atom. The van der Waals surface area contributed by atoms with Crippen molar-refractivity contribution >= 4 is 28.1 Å². The molecule has 3 rings (SSSR count). The van der Waals surface area contributed by atoms with Crippen LogP contribution in [0.25, 0.3) is 11.3 Å². The minimum absolute atomic E-state index is 0.346. The number of esters is 1. The van der Waals surface area contributed by atoms with Crippen LogP contribution in [0.1, 0.15) is 15.9 Å². The maximum Gasteiger partial charge on any atom is 0.338 e. The number of hydrogen-bond acceptors (Lipinski definition) is 6. The Hall–Kier alpha value is -2.73. The number of pyridine rings is 1. The fourth-order valence-electron chi connectivity index (χ4n) is 2.13. The topological polar surface area (TPSA) is 64.1 Å². The Kier molecular flexibility index (Phi) is 4.34. The van der Waals surface area contributed by atoms with Crippen molar-refractivity contribution in [3.63, 3.8) is 0 Å². The number of nitrogens with zero attached hydrogens (tertiary/aromatic N) is 2. The number of rotatable bonds is 4. The van der Waals surface area contributed by atoms with Gasteiger partial charge in [-0.2, -0.15) is 0 Å². The Morgan fingerprint density at radius 1 is 1.30 bits per heavy atom. The molecular weight excluding hydrogens is 310 g/mol. The SMILES string of the molecule is COC(=O)c1cc(Nc2nc(-c3cccnc3)cs2)ccc1C. The molecule has 2 heterocycles.